The summed E-state index contributed by atoms with van der Waals surface area (Å²) >= 11 is 0. The molecule has 1 N–H and O–H groups in total. The molecule has 2 aliphatic rings. The lowest BCUT2D eigenvalue weighted by Crippen LogP contribution is -2.38. The first-order valence-corrected chi connectivity index (χ1v) is 9.59. The average Bonchev–Trinajstić information content (AvgIpc) is 2.69. The summed E-state index contributed by atoms with van der Waals surface area (Å²) < 4.78 is 24.1. The lowest BCUT2D eigenvalue weighted by atomic mass is 10.1. The summed E-state index contributed by atoms with van der Waals surface area (Å²) in [5, 5.41) is 3.44. The molecule has 2 fully saturated rings. The number of rotatable bonds is 3. The molecule has 0 radical (unpaired) electrons. The minimum absolute atomic E-state index is 0.146. The third-order valence-corrected chi connectivity index (χ3v) is 6.87. The Balaban J connectivity index is 1.68. The van der Waals surface area contributed by atoms with Gasteiger partial charge in [-0.05, 0) is 37.9 Å². The van der Waals surface area contributed by atoms with Crippen LogP contribution >= 0.6 is 0 Å². The zero-order valence-corrected chi connectivity index (χ0v) is 13.2. The minimum Gasteiger partial charge on any atom is -0.309 e. The maximum absolute atomic E-state index is 12.0. The molecule has 116 valence electrons. The third kappa shape index (κ3) is 3.65. The van der Waals surface area contributed by atoms with Crippen LogP contribution in [0.4, 0.5) is 0 Å². The van der Waals surface area contributed by atoms with Crippen molar-refractivity contribution < 1.29 is 8.42 Å². The van der Waals surface area contributed by atoms with Crippen molar-refractivity contribution in [1.29, 1.82) is 0 Å². The molecule has 1 aromatic carbocycles. The van der Waals surface area contributed by atoms with Crippen molar-refractivity contribution >= 4 is 9.84 Å². The first kappa shape index (κ1) is 15.0. The molecule has 2 atom stereocenters. The van der Waals surface area contributed by atoms with Gasteiger partial charge in [0.25, 0.3) is 0 Å². The van der Waals surface area contributed by atoms with E-state index in [1.54, 1.807) is 0 Å². The number of nitrogens with one attached hydrogen (secondary N) is 1. The van der Waals surface area contributed by atoms with E-state index in [0.29, 0.717) is 18.3 Å². The molecule has 0 saturated carbocycles. The van der Waals surface area contributed by atoms with E-state index < -0.39 is 9.84 Å². The van der Waals surface area contributed by atoms with Crippen LogP contribution in [-0.4, -0.2) is 50.5 Å². The fourth-order valence-electron chi connectivity index (χ4n) is 3.42. The van der Waals surface area contributed by atoms with Crippen LogP contribution in [0.25, 0.3) is 0 Å². The fraction of sp³-hybridized carbons (Fsp3) is 0.625. The average molecular weight is 308 g/mol. The number of benzene rings is 1. The molecule has 0 spiro atoms. The van der Waals surface area contributed by atoms with Crippen LogP contribution in [0.1, 0.15) is 30.9 Å². The van der Waals surface area contributed by atoms with E-state index in [1.165, 1.54) is 5.56 Å². The van der Waals surface area contributed by atoms with Crippen molar-refractivity contribution in [2.45, 2.75) is 30.6 Å². The Morgan fingerprint density at radius 3 is 2.71 bits per heavy atom. The van der Waals surface area contributed by atoms with Gasteiger partial charge in [0.05, 0.1) is 11.0 Å². The lowest BCUT2D eigenvalue weighted by Gasteiger charge is -2.26. The molecule has 0 amide bonds. The standard InChI is InChI=1S/C16H24N2O2S/c19-21(20)11-4-8-15(21)12-18-10-5-9-17-16(13-18)14-6-2-1-3-7-14/h1-3,6-7,15-17H,4-5,8-13H2. The molecule has 0 bridgehead atoms. The smallest absolute Gasteiger partial charge is 0.154 e. The normalized spacial score (nSPS) is 30.1. The molecular formula is C16H24N2O2S. The van der Waals surface area contributed by atoms with E-state index in [-0.39, 0.29) is 5.25 Å². The van der Waals surface area contributed by atoms with Crippen LogP contribution in [-0.2, 0) is 9.84 Å². The second kappa shape index (κ2) is 6.46. The predicted octanol–water partition coefficient (Wildman–Crippen LogP) is 1.60. The van der Waals surface area contributed by atoms with Gasteiger partial charge in [0.15, 0.2) is 9.84 Å². The second-order valence-corrected chi connectivity index (χ2v) is 8.56. The molecule has 2 unspecified atom stereocenters. The largest absolute Gasteiger partial charge is 0.309 e. The van der Waals surface area contributed by atoms with Gasteiger partial charge in [-0.25, -0.2) is 8.42 Å². The van der Waals surface area contributed by atoms with Gasteiger partial charge in [-0.2, -0.15) is 0 Å². The summed E-state index contributed by atoms with van der Waals surface area (Å²) in [6, 6.07) is 10.8. The molecule has 3 rings (SSSR count). The SMILES string of the molecule is O=S1(=O)CCCC1CN1CCCNC(c2ccccc2)C1. The second-order valence-electron chi connectivity index (χ2n) is 6.16. The monoisotopic (exact) mass is 308 g/mol. The highest BCUT2D eigenvalue weighted by Crippen LogP contribution is 2.23. The van der Waals surface area contributed by atoms with Crippen molar-refractivity contribution in [3.8, 4) is 0 Å². The van der Waals surface area contributed by atoms with Crippen LogP contribution in [0.15, 0.2) is 30.3 Å². The van der Waals surface area contributed by atoms with Gasteiger partial charge in [-0.15, -0.1) is 0 Å². The van der Waals surface area contributed by atoms with Crippen molar-refractivity contribution in [1.82, 2.24) is 10.2 Å². The summed E-state index contributed by atoms with van der Waals surface area (Å²) in [5.74, 6) is 0.381. The van der Waals surface area contributed by atoms with Crippen LogP contribution in [0.5, 0.6) is 0 Å². The van der Waals surface area contributed by atoms with Gasteiger partial charge in [0.1, 0.15) is 0 Å². The first-order valence-electron chi connectivity index (χ1n) is 7.87. The Hall–Kier alpha value is -0.910. The van der Waals surface area contributed by atoms with Crippen molar-refractivity contribution in [2.75, 3.05) is 31.9 Å². The summed E-state index contributed by atoms with van der Waals surface area (Å²) in [5.41, 5.74) is 1.29. The molecule has 21 heavy (non-hydrogen) atoms. The van der Waals surface area contributed by atoms with Gasteiger partial charge in [0, 0.05) is 19.1 Å². The topological polar surface area (TPSA) is 49.4 Å². The highest BCUT2D eigenvalue weighted by Gasteiger charge is 2.33. The highest BCUT2D eigenvalue weighted by molar-refractivity contribution is 7.92. The number of nitrogens with zero attached hydrogens (tertiary/aromatic N) is 1. The highest BCUT2D eigenvalue weighted by atomic mass is 32.2. The van der Waals surface area contributed by atoms with Crippen molar-refractivity contribution in [2.24, 2.45) is 0 Å². The summed E-state index contributed by atoms with van der Waals surface area (Å²) in [7, 11) is -2.84. The molecule has 4 nitrogen and oxygen atoms in total. The van der Waals surface area contributed by atoms with E-state index in [4.69, 9.17) is 0 Å². The predicted molar refractivity (Wildman–Crippen MR) is 85.1 cm³/mol. The summed E-state index contributed by atoms with van der Waals surface area (Å²) in [6.45, 7) is 3.58. The minimum atomic E-state index is -2.84. The fourth-order valence-corrected chi connectivity index (χ4v) is 5.28. The number of hydrogen-bond donors (Lipinski definition) is 1. The maximum Gasteiger partial charge on any atom is 0.154 e. The van der Waals surface area contributed by atoms with Crippen molar-refractivity contribution in [3.05, 3.63) is 35.9 Å². The van der Waals surface area contributed by atoms with Gasteiger partial charge >= 0.3 is 0 Å². The first-order chi connectivity index (χ1) is 10.1. The number of hydrogen-bond acceptors (Lipinski definition) is 4. The molecule has 1 aromatic rings. The van der Waals surface area contributed by atoms with E-state index in [9.17, 15) is 8.42 Å². The zero-order chi connectivity index (χ0) is 14.7. The van der Waals surface area contributed by atoms with E-state index in [1.807, 2.05) is 6.07 Å². The molecule has 0 aliphatic carbocycles. The lowest BCUT2D eigenvalue weighted by molar-refractivity contribution is 0.266. The quantitative estimate of drug-likeness (QED) is 0.921. The van der Waals surface area contributed by atoms with Crippen LogP contribution in [0.3, 0.4) is 0 Å². The van der Waals surface area contributed by atoms with E-state index >= 15 is 0 Å². The van der Waals surface area contributed by atoms with Gasteiger partial charge in [0.2, 0.25) is 0 Å². The summed E-state index contributed by atoms with van der Waals surface area (Å²) in [6.07, 6.45) is 2.75. The molecule has 2 aliphatic heterocycles. The molecule has 2 heterocycles. The molecule has 0 aromatic heterocycles. The Bertz CT molecular complexity index is 559. The zero-order valence-electron chi connectivity index (χ0n) is 12.4. The molecule has 5 heteroatoms. The third-order valence-electron chi connectivity index (χ3n) is 4.61. The Labute approximate surface area is 127 Å². The maximum atomic E-state index is 12.0. The molecule has 2 saturated heterocycles. The summed E-state index contributed by atoms with van der Waals surface area (Å²) in [4.78, 5) is 2.34. The van der Waals surface area contributed by atoms with E-state index in [0.717, 1.165) is 38.9 Å². The Morgan fingerprint density at radius 1 is 1.19 bits per heavy atom. The van der Waals surface area contributed by atoms with Gasteiger partial charge in [-0.3, -0.25) is 0 Å². The van der Waals surface area contributed by atoms with Crippen LogP contribution in [0.2, 0.25) is 0 Å². The Kier molecular flexibility index (Phi) is 4.62. The van der Waals surface area contributed by atoms with Gasteiger partial charge < -0.3 is 10.2 Å². The number of sulfone groups is 1. The van der Waals surface area contributed by atoms with Gasteiger partial charge in [-0.1, -0.05) is 30.3 Å². The molecular weight excluding hydrogens is 284 g/mol. The van der Waals surface area contributed by atoms with Crippen molar-refractivity contribution in [3.63, 3.8) is 0 Å². The van der Waals surface area contributed by atoms with E-state index in [2.05, 4.69) is 34.5 Å². The van der Waals surface area contributed by atoms with Crippen LogP contribution in [0, 0.1) is 0 Å². The Morgan fingerprint density at radius 2 is 2.00 bits per heavy atom. The van der Waals surface area contributed by atoms with Crippen LogP contribution < -0.4 is 5.32 Å².